The second-order valence-corrected chi connectivity index (χ2v) is 4.18. The number of rotatable bonds is 2. The zero-order valence-corrected chi connectivity index (χ0v) is 10.1. The van der Waals surface area contributed by atoms with E-state index in [4.69, 9.17) is 5.11 Å². The zero-order chi connectivity index (χ0) is 12.6. The van der Waals surface area contributed by atoms with Crippen molar-refractivity contribution in [1.82, 2.24) is 9.78 Å². The fraction of sp³-hybridized carbons (Fsp3) is 0.231. The highest BCUT2D eigenvalue weighted by molar-refractivity contribution is 5.85. The molecule has 0 saturated carbocycles. The third kappa shape index (κ3) is 2.06. The number of hydrogen-bond donors (Lipinski definition) is 1. The number of nitrogens with zero attached hydrogens (tertiary/aromatic N) is 2. The fourth-order valence-corrected chi connectivity index (χ4v) is 1.77. The minimum atomic E-state index is -1.00. The van der Waals surface area contributed by atoms with E-state index in [9.17, 15) is 4.79 Å². The van der Waals surface area contributed by atoms with Gasteiger partial charge in [-0.15, -0.1) is 0 Å². The molecular formula is C13H14N2O2. The second-order valence-electron chi connectivity index (χ2n) is 4.18. The van der Waals surface area contributed by atoms with Gasteiger partial charge in [0.15, 0.2) is 5.69 Å². The molecule has 4 heteroatoms. The van der Waals surface area contributed by atoms with Crippen molar-refractivity contribution in [3.05, 3.63) is 46.8 Å². The summed E-state index contributed by atoms with van der Waals surface area (Å²) in [6.07, 6.45) is 0. The Morgan fingerprint density at radius 2 is 1.94 bits per heavy atom. The van der Waals surface area contributed by atoms with Gasteiger partial charge in [0, 0.05) is 5.69 Å². The third-order valence-electron chi connectivity index (χ3n) is 2.70. The van der Waals surface area contributed by atoms with E-state index in [0.717, 1.165) is 22.5 Å². The molecule has 0 fully saturated rings. The van der Waals surface area contributed by atoms with E-state index in [1.807, 2.05) is 39.0 Å². The summed E-state index contributed by atoms with van der Waals surface area (Å²) in [7, 11) is 0. The Kier molecular flexibility index (Phi) is 2.71. The Hall–Kier alpha value is -2.10. The van der Waals surface area contributed by atoms with E-state index >= 15 is 0 Å². The monoisotopic (exact) mass is 230 g/mol. The normalized spacial score (nSPS) is 10.5. The number of carboxylic acids is 1. The lowest BCUT2D eigenvalue weighted by Crippen LogP contribution is -2.04. The number of aromatic carboxylic acids is 1. The van der Waals surface area contributed by atoms with E-state index in [2.05, 4.69) is 5.10 Å². The van der Waals surface area contributed by atoms with Gasteiger partial charge in [0.2, 0.25) is 0 Å². The fourth-order valence-electron chi connectivity index (χ4n) is 1.77. The maximum absolute atomic E-state index is 10.9. The molecule has 0 aliphatic carbocycles. The molecule has 4 nitrogen and oxygen atoms in total. The standard InChI is InChI=1S/C13H14N2O2/c1-8-4-5-9(2)12(6-8)15-10(3)7-11(14-15)13(16)17/h4-7H,1-3H3,(H,16,17). The topological polar surface area (TPSA) is 55.1 Å². The van der Waals surface area contributed by atoms with E-state index in [0.29, 0.717) is 0 Å². The predicted molar refractivity (Wildman–Crippen MR) is 64.7 cm³/mol. The molecule has 0 saturated heterocycles. The van der Waals surface area contributed by atoms with Crippen molar-refractivity contribution in [2.75, 3.05) is 0 Å². The number of aromatic nitrogens is 2. The van der Waals surface area contributed by atoms with Crippen LogP contribution in [0.4, 0.5) is 0 Å². The molecule has 17 heavy (non-hydrogen) atoms. The van der Waals surface area contributed by atoms with Crippen molar-refractivity contribution in [2.24, 2.45) is 0 Å². The maximum Gasteiger partial charge on any atom is 0.356 e. The minimum Gasteiger partial charge on any atom is -0.476 e. The Bertz CT molecular complexity index is 585. The van der Waals surface area contributed by atoms with Gasteiger partial charge in [0.1, 0.15) is 0 Å². The summed E-state index contributed by atoms with van der Waals surface area (Å²) in [5, 5.41) is 13.0. The van der Waals surface area contributed by atoms with Crippen LogP contribution in [-0.4, -0.2) is 20.9 Å². The van der Waals surface area contributed by atoms with Crippen molar-refractivity contribution in [1.29, 1.82) is 0 Å². The summed E-state index contributed by atoms with van der Waals surface area (Å²) in [5.74, 6) is -1.00. The summed E-state index contributed by atoms with van der Waals surface area (Å²) < 4.78 is 1.67. The van der Waals surface area contributed by atoms with Crippen molar-refractivity contribution >= 4 is 5.97 Å². The SMILES string of the molecule is Cc1ccc(C)c(-n2nc(C(=O)O)cc2C)c1. The average Bonchev–Trinajstić information content (AvgIpc) is 2.64. The first-order valence-corrected chi connectivity index (χ1v) is 5.36. The summed E-state index contributed by atoms with van der Waals surface area (Å²) in [6, 6.07) is 7.60. The lowest BCUT2D eigenvalue weighted by molar-refractivity contribution is 0.0690. The van der Waals surface area contributed by atoms with Crippen molar-refractivity contribution in [3.63, 3.8) is 0 Å². The smallest absolute Gasteiger partial charge is 0.356 e. The highest BCUT2D eigenvalue weighted by atomic mass is 16.4. The van der Waals surface area contributed by atoms with E-state index < -0.39 is 5.97 Å². The summed E-state index contributed by atoms with van der Waals surface area (Å²) in [6.45, 7) is 5.83. The van der Waals surface area contributed by atoms with Crippen LogP contribution in [0.25, 0.3) is 5.69 Å². The molecule has 0 amide bonds. The summed E-state index contributed by atoms with van der Waals surface area (Å²) >= 11 is 0. The largest absolute Gasteiger partial charge is 0.476 e. The molecule has 1 N–H and O–H groups in total. The average molecular weight is 230 g/mol. The predicted octanol–water partition coefficient (Wildman–Crippen LogP) is 2.50. The lowest BCUT2D eigenvalue weighted by Gasteiger charge is -2.08. The third-order valence-corrected chi connectivity index (χ3v) is 2.70. The first-order chi connectivity index (χ1) is 7.99. The van der Waals surface area contributed by atoms with Gasteiger partial charge in [-0.1, -0.05) is 12.1 Å². The highest BCUT2D eigenvalue weighted by Gasteiger charge is 2.12. The molecular weight excluding hydrogens is 216 g/mol. The quantitative estimate of drug-likeness (QED) is 0.862. The van der Waals surface area contributed by atoms with Crippen LogP contribution in [0.5, 0.6) is 0 Å². The van der Waals surface area contributed by atoms with Crippen molar-refractivity contribution in [2.45, 2.75) is 20.8 Å². The van der Waals surface area contributed by atoms with Crippen LogP contribution in [-0.2, 0) is 0 Å². The van der Waals surface area contributed by atoms with E-state index in [1.54, 1.807) is 10.7 Å². The zero-order valence-electron chi connectivity index (χ0n) is 10.1. The number of carbonyl (C=O) groups is 1. The Labute approximate surface area is 99.5 Å². The molecule has 0 bridgehead atoms. The Morgan fingerprint density at radius 1 is 1.24 bits per heavy atom. The molecule has 88 valence electrons. The summed E-state index contributed by atoms with van der Waals surface area (Å²) in [5.41, 5.74) is 4.01. The molecule has 0 radical (unpaired) electrons. The molecule has 0 aliphatic rings. The van der Waals surface area contributed by atoms with Gasteiger partial charge in [-0.25, -0.2) is 9.48 Å². The molecule has 0 unspecified atom stereocenters. The molecule has 0 atom stereocenters. The van der Waals surface area contributed by atoms with Crippen LogP contribution < -0.4 is 0 Å². The molecule has 2 aromatic rings. The van der Waals surface area contributed by atoms with Gasteiger partial charge >= 0.3 is 5.97 Å². The number of benzene rings is 1. The lowest BCUT2D eigenvalue weighted by atomic mass is 10.1. The molecule has 1 aromatic heterocycles. The molecule has 1 heterocycles. The minimum absolute atomic E-state index is 0.0726. The van der Waals surface area contributed by atoms with Crippen molar-refractivity contribution < 1.29 is 9.90 Å². The van der Waals surface area contributed by atoms with Crippen LogP contribution in [0, 0.1) is 20.8 Å². The van der Waals surface area contributed by atoms with Gasteiger partial charge in [-0.05, 0) is 44.0 Å². The van der Waals surface area contributed by atoms with Crippen LogP contribution in [0.2, 0.25) is 0 Å². The summed E-state index contributed by atoms with van der Waals surface area (Å²) in [4.78, 5) is 10.9. The van der Waals surface area contributed by atoms with E-state index in [1.165, 1.54) is 0 Å². The number of hydrogen-bond acceptors (Lipinski definition) is 2. The highest BCUT2D eigenvalue weighted by Crippen LogP contribution is 2.18. The second kappa shape index (κ2) is 4.05. The molecule has 0 aliphatic heterocycles. The first-order valence-electron chi connectivity index (χ1n) is 5.36. The van der Waals surface area contributed by atoms with Crippen LogP contribution in [0.15, 0.2) is 24.3 Å². The Morgan fingerprint density at radius 3 is 2.53 bits per heavy atom. The number of aryl methyl sites for hydroxylation is 3. The van der Waals surface area contributed by atoms with Gasteiger partial charge in [-0.2, -0.15) is 5.10 Å². The van der Waals surface area contributed by atoms with Crippen LogP contribution >= 0.6 is 0 Å². The Balaban J connectivity index is 2.60. The maximum atomic E-state index is 10.9. The van der Waals surface area contributed by atoms with E-state index in [-0.39, 0.29) is 5.69 Å². The molecule has 0 spiro atoms. The van der Waals surface area contributed by atoms with Crippen LogP contribution in [0.1, 0.15) is 27.3 Å². The van der Waals surface area contributed by atoms with Crippen molar-refractivity contribution in [3.8, 4) is 5.69 Å². The molecule has 1 aromatic carbocycles. The van der Waals surface area contributed by atoms with Gasteiger partial charge < -0.3 is 5.11 Å². The van der Waals surface area contributed by atoms with Gasteiger partial charge in [-0.3, -0.25) is 0 Å². The van der Waals surface area contributed by atoms with Crippen LogP contribution in [0.3, 0.4) is 0 Å². The van der Waals surface area contributed by atoms with Gasteiger partial charge in [0.25, 0.3) is 0 Å². The first kappa shape index (κ1) is 11.4. The van der Waals surface area contributed by atoms with Gasteiger partial charge in [0.05, 0.1) is 5.69 Å². The molecule has 2 rings (SSSR count). The number of carboxylic acid groups (broad SMARTS) is 1.